The fraction of sp³-hybridized carbons (Fsp3) is 0.333. The van der Waals surface area contributed by atoms with E-state index >= 15 is 0 Å². The molecule has 0 spiro atoms. The van der Waals surface area contributed by atoms with Gasteiger partial charge in [-0.05, 0) is 12.2 Å². The van der Waals surface area contributed by atoms with Gasteiger partial charge in [-0.15, -0.1) is 0 Å². The second-order valence-electron chi connectivity index (χ2n) is 1.50. The first-order chi connectivity index (χ1) is 6.56. The summed E-state index contributed by atoms with van der Waals surface area (Å²) in [5.41, 5.74) is 0. The van der Waals surface area contributed by atoms with Crippen LogP contribution in [0.4, 0.5) is 4.32 Å². The Kier molecular flexibility index (Phi) is 29.1. The summed E-state index contributed by atoms with van der Waals surface area (Å²) in [6.45, 7) is 7.26. The van der Waals surface area contributed by atoms with Crippen LogP contribution < -0.4 is 10.0 Å². The highest BCUT2D eigenvalue weighted by Gasteiger charge is 1.73. The Morgan fingerprint density at radius 1 is 1.14 bits per heavy atom. The molecule has 0 fully saturated rings. The van der Waals surface area contributed by atoms with Gasteiger partial charge in [0.05, 0.1) is 0 Å². The average molecular weight is 200 g/mol. The van der Waals surface area contributed by atoms with E-state index in [0.717, 1.165) is 0 Å². The zero-order valence-corrected chi connectivity index (χ0v) is 7.54. The van der Waals surface area contributed by atoms with Crippen LogP contribution in [0.1, 0.15) is 0 Å². The van der Waals surface area contributed by atoms with E-state index in [1.54, 1.807) is 0 Å². The van der Waals surface area contributed by atoms with E-state index in [2.05, 4.69) is 23.1 Å². The summed E-state index contributed by atoms with van der Waals surface area (Å²) in [6.07, 6.45) is 3.03. The molecule has 0 aliphatic heterocycles. The van der Waals surface area contributed by atoms with Gasteiger partial charge in [0.1, 0.15) is 17.3 Å². The van der Waals surface area contributed by atoms with Crippen molar-refractivity contribution < 1.29 is 14.4 Å². The van der Waals surface area contributed by atoms with Crippen LogP contribution in [-0.2, 0) is 0 Å². The van der Waals surface area contributed by atoms with E-state index in [1.807, 2.05) is 0 Å². The molecule has 0 N–H and O–H groups in total. The fourth-order valence-electron chi connectivity index (χ4n) is 0.115. The molecule has 0 rings (SSSR count). The molecule has 0 saturated heterocycles. The Hall–Kier alpha value is -1.77. The Morgan fingerprint density at radius 3 is 1.36 bits per heavy atom. The van der Waals surface area contributed by atoms with Crippen molar-refractivity contribution in [2.45, 2.75) is 0 Å². The van der Waals surface area contributed by atoms with Gasteiger partial charge in [0, 0.05) is 0 Å². The van der Waals surface area contributed by atoms with Gasteiger partial charge in [0.15, 0.2) is 0 Å². The van der Waals surface area contributed by atoms with E-state index in [-0.39, 0.29) is 0 Å². The smallest absolute Gasteiger partial charge is 0.323 e. The van der Waals surface area contributed by atoms with Crippen LogP contribution in [0.25, 0.3) is 9.95 Å². The first kappa shape index (κ1) is 18.1. The van der Waals surface area contributed by atoms with Crippen molar-refractivity contribution in [1.29, 1.82) is 10.8 Å². The van der Waals surface area contributed by atoms with Crippen molar-refractivity contribution in [3.8, 4) is 0 Å². The Labute approximate surface area is 81.8 Å². The predicted molar refractivity (Wildman–Crippen MR) is 47.2 cm³/mol. The number of hydrogen-bond acceptors (Lipinski definition) is 4. The zero-order valence-electron chi connectivity index (χ0n) is 7.54. The molecule has 0 unspecified atom stereocenters. The first-order valence-corrected chi connectivity index (χ1v) is 3.36. The lowest BCUT2D eigenvalue weighted by Crippen LogP contribution is -2.39. The summed E-state index contributed by atoms with van der Waals surface area (Å²) in [7, 11) is -3.17. The van der Waals surface area contributed by atoms with E-state index in [0.29, 0.717) is 13.1 Å². The van der Waals surface area contributed by atoms with Crippen LogP contribution in [0.2, 0.25) is 0 Å². The normalized spacial score (nSPS) is 5.79. The van der Waals surface area contributed by atoms with Gasteiger partial charge in [-0.1, -0.05) is 13.2 Å². The highest BCUT2D eigenvalue weighted by atomic mass is 19.1. The van der Waals surface area contributed by atoms with Crippen molar-refractivity contribution in [1.82, 2.24) is 0 Å². The van der Waals surface area contributed by atoms with Gasteiger partial charge in [-0.25, -0.2) is 0 Å². The molecule has 76 valence electrons. The maximum Gasteiger partial charge on any atom is 0.323 e. The topological polar surface area (TPSA) is 102 Å². The van der Waals surface area contributed by atoms with Gasteiger partial charge in [-0.3, -0.25) is 0 Å². The molecular formula is C6H10BFN4O2. The summed E-state index contributed by atoms with van der Waals surface area (Å²) in [6, 6.07) is 0. The van der Waals surface area contributed by atoms with Gasteiger partial charge in [-0.2, -0.15) is 0 Å². The number of halogens is 1. The van der Waals surface area contributed by atoms with Gasteiger partial charge in [0.25, 0.3) is 0 Å². The van der Waals surface area contributed by atoms with Crippen LogP contribution in [0.5, 0.6) is 0 Å². The second-order valence-corrected chi connectivity index (χ2v) is 1.50. The molecule has 0 aliphatic rings. The minimum atomic E-state index is -3.17. The van der Waals surface area contributed by atoms with E-state index in [9.17, 15) is 4.32 Å². The minimum Gasteiger partial charge on any atom is -0.867 e. The Morgan fingerprint density at radius 2 is 1.36 bits per heavy atom. The molecule has 6 nitrogen and oxygen atoms in total. The summed E-state index contributed by atoms with van der Waals surface area (Å²) < 4.78 is 9.89. The summed E-state index contributed by atoms with van der Waals surface area (Å²) >= 11 is 0. The maximum absolute atomic E-state index is 9.89. The quantitative estimate of drug-likeness (QED) is 0.347. The van der Waals surface area contributed by atoms with Crippen LogP contribution in [0, 0.1) is 10.8 Å². The molecule has 0 aromatic carbocycles. The van der Waals surface area contributed by atoms with Crippen molar-refractivity contribution in [2.75, 3.05) is 13.1 Å². The molecule has 0 saturated carbocycles. The molecule has 0 aromatic rings. The summed E-state index contributed by atoms with van der Waals surface area (Å²) in [5, 5.41) is 31.9. The molecule has 0 aliphatic carbocycles. The average Bonchev–Trinajstić information content (AvgIpc) is 2.07. The lowest BCUT2D eigenvalue weighted by Gasteiger charge is -2.09. The second kappa shape index (κ2) is 22.5. The largest absolute Gasteiger partial charge is 0.867 e. The number of hydrogen-bond donors (Lipinski definition) is 0. The molecule has 0 atom stereocenters. The molecule has 0 amide bonds. The third-order valence-corrected chi connectivity index (χ3v) is 0.421. The van der Waals surface area contributed by atoms with Crippen molar-refractivity contribution in [3.05, 3.63) is 35.3 Å². The molecule has 14 heavy (non-hydrogen) atoms. The first-order valence-electron chi connectivity index (χ1n) is 3.36. The zero-order chi connectivity index (χ0) is 11.8. The number of diazo groups is 2. The summed E-state index contributed by atoms with van der Waals surface area (Å²) in [5.74, 6) is 0. The van der Waals surface area contributed by atoms with Gasteiger partial charge < -0.3 is 14.4 Å². The van der Waals surface area contributed by atoms with E-state index < -0.39 is 7.40 Å². The van der Waals surface area contributed by atoms with Crippen LogP contribution >= 0.6 is 0 Å². The third kappa shape index (κ3) is 175. The lowest BCUT2D eigenvalue weighted by atomic mass is 10.3. The number of rotatable bonds is 2. The maximum atomic E-state index is 9.89. The van der Waals surface area contributed by atoms with Crippen molar-refractivity contribution >= 4 is 7.40 Å². The molecule has 0 bridgehead atoms. The molecule has 0 heterocycles. The monoisotopic (exact) mass is 200 g/mol. The lowest BCUT2D eigenvalue weighted by molar-refractivity contribution is -0.366. The van der Waals surface area contributed by atoms with Crippen LogP contribution in [0.3, 0.4) is 0 Å². The number of nitrogens with zero attached hydrogens (tertiary/aromatic N) is 4. The van der Waals surface area contributed by atoms with Gasteiger partial charge in [0.2, 0.25) is 10.8 Å². The van der Waals surface area contributed by atoms with Gasteiger partial charge >= 0.3 is 13.1 Å². The predicted octanol–water partition coefficient (Wildman–Crippen LogP) is -0.288. The van der Waals surface area contributed by atoms with E-state index in [4.69, 9.17) is 20.8 Å². The summed E-state index contributed by atoms with van der Waals surface area (Å²) in [4.78, 5) is 5.47. The highest BCUT2D eigenvalue weighted by Crippen LogP contribution is 1.61. The minimum absolute atomic E-state index is 0.333. The third-order valence-electron chi connectivity index (χ3n) is 0.421. The van der Waals surface area contributed by atoms with Crippen LogP contribution in [-0.4, -0.2) is 20.5 Å². The highest BCUT2D eigenvalue weighted by molar-refractivity contribution is 6.27. The molecular weight excluding hydrogens is 190 g/mol. The fourth-order valence-corrected chi connectivity index (χ4v) is 0.115. The molecule has 0 radical (unpaired) electrons. The van der Waals surface area contributed by atoms with Crippen LogP contribution in [0.15, 0.2) is 25.3 Å². The van der Waals surface area contributed by atoms with Crippen molar-refractivity contribution in [2.24, 2.45) is 0 Å². The molecule has 0 aromatic heterocycles. The Bertz CT molecular complexity index is 188. The molecule has 8 heteroatoms. The Balaban J connectivity index is -0.000000131. The van der Waals surface area contributed by atoms with E-state index in [1.165, 1.54) is 12.2 Å². The van der Waals surface area contributed by atoms with Crippen molar-refractivity contribution in [3.63, 3.8) is 0 Å². The SMILES string of the molecule is C=CC[N+]#N.C=CC[N+]#N.[O-]B([O-])F. The standard InChI is InChI=1S/2C3H5N2.BFO2/c2*1-2-3-5-4;2-1(3)4/h2*2H,1,3H2;/q2*+1;-2.